The molecule has 0 amide bonds. The van der Waals surface area contributed by atoms with Gasteiger partial charge in [-0.15, -0.1) is 11.1 Å². The van der Waals surface area contributed by atoms with E-state index in [0.717, 1.165) is 12.8 Å². The molecule has 0 saturated heterocycles. The molecule has 0 nitrogen and oxygen atoms in total. The van der Waals surface area contributed by atoms with E-state index in [1.54, 1.807) is 0 Å². The number of hydrogen-bond acceptors (Lipinski definition) is 0. The van der Waals surface area contributed by atoms with Gasteiger partial charge in [-0.25, -0.2) is 0 Å². The fourth-order valence-electron chi connectivity index (χ4n) is 4.60. The average molecular weight is 463 g/mol. The summed E-state index contributed by atoms with van der Waals surface area (Å²) in [6, 6.07) is 28.9. The van der Waals surface area contributed by atoms with Crippen molar-refractivity contribution in [2.24, 2.45) is 0 Å². The molecular formula is C30H39ClSi. The summed E-state index contributed by atoms with van der Waals surface area (Å²) in [7, 11) is -2.58. The Hall–Kier alpha value is -1.83. The minimum atomic E-state index is -2.58. The Balaban J connectivity index is 2.01. The van der Waals surface area contributed by atoms with Crippen molar-refractivity contribution >= 4 is 34.0 Å². The van der Waals surface area contributed by atoms with Crippen LogP contribution >= 0.6 is 11.1 Å². The van der Waals surface area contributed by atoms with Crippen molar-refractivity contribution in [3.63, 3.8) is 0 Å². The van der Waals surface area contributed by atoms with Crippen LogP contribution in [0, 0.1) is 0 Å². The molecule has 0 saturated carbocycles. The van der Waals surface area contributed by atoms with Gasteiger partial charge in [0.2, 0.25) is 7.38 Å². The lowest BCUT2D eigenvalue weighted by atomic mass is 10.0. The van der Waals surface area contributed by atoms with Gasteiger partial charge in [0.15, 0.2) is 0 Å². The molecule has 3 rings (SSSR count). The van der Waals surface area contributed by atoms with E-state index in [1.165, 1.54) is 78.1 Å². The molecule has 0 bridgehead atoms. The van der Waals surface area contributed by atoms with Crippen molar-refractivity contribution in [3.05, 3.63) is 90.0 Å². The fraction of sp³-hybridized carbons (Fsp3) is 0.400. The normalized spacial score (nSPS) is 11.6. The van der Waals surface area contributed by atoms with Crippen LogP contribution in [0.2, 0.25) is 0 Å². The molecule has 0 fully saturated rings. The Labute approximate surface area is 201 Å². The maximum absolute atomic E-state index is 7.77. The largest absolute Gasteiger partial charge is 0.247 e. The predicted octanol–water partition coefficient (Wildman–Crippen LogP) is 7.14. The van der Waals surface area contributed by atoms with E-state index in [9.17, 15) is 0 Å². The molecule has 0 unspecified atom stereocenters. The second kappa shape index (κ2) is 13.0. The minimum absolute atomic E-state index is 1.15. The van der Waals surface area contributed by atoms with Crippen LogP contribution in [0.15, 0.2) is 78.9 Å². The van der Waals surface area contributed by atoms with Gasteiger partial charge in [-0.2, -0.15) is 0 Å². The molecule has 3 aromatic carbocycles. The van der Waals surface area contributed by atoms with Crippen LogP contribution in [0.5, 0.6) is 0 Å². The molecule has 0 aliphatic rings. The van der Waals surface area contributed by atoms with Gasteiger partial charge in [0.1, 0.15) is 0 Å². The summed E-state index contributed by atoms with van der Waals surface area (Å²) in [5.41, 5.74) is 2.93. The summed E-state index contributed by atoms with van der Waals surface area (Å²) in [5, 5.41) is 3.89. The second-order valence-electron chi connectivity index (χ2n) is 9.05. The summed E-state index contributed by atoms with van der Waals surface area (Å²) in [6.45, 7) is 4.56. The topological polar surface area (TPSA) is 0 Å². The van der Waals surface area contributed by atoms with Crippen LogP contribution in [-0.4, -0.2) is 7.38 Å². The monoisotopic (exact) mass is 462 g/mol. The first-order valence-electron chi connectivity index (χ1n) is 12.6. The van der Waals surface area contributed by atoms with Crippen LogP contribution in [0.4, 0.5) is 0 Å². The average Bonchev–Trinajstić information content (AvgIpc) is 2.85. The molecule has 0 radical (unpaired) electrons. The highest BCUT2D eigenvalue weighted by molar-refractivity contribution is 7.40. The first-order chi connectivity index (χ1) is 15.7. The molecule has 0 aliphatic carbocycles. The van der Waals surface area contributed by atoms with E-state index in [2.05, 4.69) is 92.7 Å². The number of halogens is 1. The van der Waals surface area contributed by atoms with E-state index in [4.69, 9.17) is 11.1 Å². The van der Waals surface area contributed by atoms with Gasteiger partial charge in [0.25, 0.3) is 0 Å². The summed E-state index contributed by atoms with van der Waals surface area (Å²) >= 11 is 7.77. The summed E-state index contributed by atoms with van der Waals surface area (Å²) in [6.07, 6.45) is 12.7. The van der Waals surface area contributed by atoms with Crippen LogP contribution in [0.1, 0.15) is 76.3 Å². The van der Waals surface area contributed by atoms with Crippen molar-refractivity contribution in [1.82, 2.24) is 0 Å². The Morgan fingerprint density at radius 3 is 1.38 bits per heavy atom. The molecule has 0 spiro atoms. The minimum Gasteiger partial charge on any atom is -0.149 e. The highest BCUT2D eigenvalue weighted by atomic mass is 35.6. The van der Waals surface area contributed by atoms with Gasteiger partial charge in [0.05, 0.1) is 0 Å². The van der Waals surface area contributed by atoms with E-state index >= 15 is 0 Å². The van der Waals surface area contributed by atoms with Gasteiger partial charge in [-0.05, 0) is 52.4 Å². The number of hydrogen-bond donors (Lipinski definition) is 0. The van der Waals surface area contributed by atoms with E-state index in [-0.39, 0.29) is 0 Å². The quantitative estimate of drug-likeness (QED) is 0.109. The SMILES string of the molecule is CCCCCCc1cc(CCCCCC)cc([Si](Cl)(c2ccccc2)c2ccccc2)c1. The second-order valence-corrected chi connectivity index (χ2v) is 13.8. The first kappa shape index (κ1) is 24.8. The third kappa shape index (κ3) is 6.59. The standard InChI is InChI=1S/C30H39ClSi/c1-3-5-7-11-17-26-23-27(18-12-8-6-4-2)25-30(24-26)32(31,28-19-13-9-14-20-28)29-21-15-10-16-22-29/h9-10,13-16,19-25H,3-8,11-12,17-18H2,1-2H3. The van der Waals surface area contributed by atoms with E-state index in [0.29, 0.717) is 0 Å². The molecule has 0 aliphatic heterocycles. The van der Waals surface area contributed by atoms with Crippen LogP contribution in [0.3, 0.4) is 0 Å². The van der Waals surface area contributed by atoms with Crippen LogP contribution in [0.25, 0.3) is 0 Å². The fourth-order valence-corrected chi connectivity index (χ4v) is 8.75. The zero-order chi connectivity index (χ0) is 22.7. The zero-order valence-electron chi connectivity index (χ0n) is 20.0. The molecule has 170 valence electrons. The third-order valence-corrected chi connectivity index (χ3v) is 11.7. The van der Waals surface area contributed by atoms with E-state index < -0.39 is 7.38 Å². The van der Waals surface area contributed by atoms with Gasteiger partial charge in [-0.1, -0.05) is 131 Å². The van der Waals surface area contributed by atoms with Crippen molar-refractivity contribution in [2.45, 2.75) is 78.1 Å². The first-order valence-corrected chi connectivity index (χ1v) is 15.6. The highest BCUT2D eigenvalue weighted by Crippen LogP contribution is 2.18. The Morgan fingerprint density at radius 2 is 0.969 bits per heavy atom. The van der Waals surface area contributed by atoms with E-state index in [1.807, 2.05) is 0 Å². The molecule has 2 heteroatoms. The van der Waals surface area contributed by atoms with Gasteiger partial charge in [-0.3, -0.25) is 0 Å². The van der Waals surface area contributed by atoms with Crippen molar-refractivity contribution in [1.29, 1.82) is 0 Å². The third-order valence-electron chi connectivity index (χ3n) is 6.43. The van der Waals surface area contributed by atoms with Gasteiger partial charge in [0, 0.05) is 0 Å². The summed E-state index contributed by atoms with van der Waals surface area (Å²) in [5.74, 6) is 0. The molecule has 3 aromatic rings. The Morgan fingerprint density at radius 1 is 0.531 bits per heavy atom. The van der Waals surface area contributed by atoms with Gasteiger partial charge >= 0.3 is 0 Å². The molecule has 0 N–H and O–H groups in total. The maximum Gasteiger partial charge on any atom is 0.247 e. The van der Waals surface area contributed by atoms with Crippen LogP contribution in [-0.2, 0) is 12.8 Å². The molecule has 32 heavy (non-hydrogen) atoms. The molecular weight excluding hydrogens is 424 g/mol. The van der Waals surface area contributed by atoms with Crippen LogP contribution < -0.4 is 15.6 Å². The smallest absolute Gasteiger partial charge is 0.149 e. The Kier molecular flexibility index (Phi) is 10.1. The molecule has 0 atom stereocenters. The zero-order valence-corrected chi connectivity index (χ0v) is 21.7. The molecule has 0 heterocycles. The van der Waals surface area contributed by atoms with Gasteiger partial charge < -0.3 is 0 Å². The number of benzene rings is 3. The Bertz CT molecular complexity index is 850. The number of rotatable bonds is 13. The maximum atomic E-state index is 7.77. The number of aryl methyl sites for hydroxylation is 2. The van der Waals surface area contributed by atoms with Crippen molar-refractivity contribution in [3.8, 4) is 0 Å². The van der Waals surface area contributed by atoms with Crippen molar-refractivity contribution < 1.29 is 0 Å². The highest BCUT2D eigenvalue weighted by Gasteiger charge is 2.38. The lowest BCUT2D eigenvalue weighted by Gasteiger charge is -2.27. The lowest BCUT2D eigenvalue weighted by molar-refractivity contribution is 0.661. The predicted molar refractivity (Wildman–Crippen MR) is 146 cm³/mol. The number of unbranched alkanes of at least 4 members (excludes halogenated alkanes) is 6. The summed E-state index contributed by atoms with van der Waals surface area (Å²) in [4.78, 5) is 0. The summed E-state index contributed by atoms with van der Waals surface area (Å²) < 4.78 is 0. The molecule has 0 aromatic heterocycles. The lowest BCUT2D eigenvalue weighted by Crippen LogP contribution is -2.63. The van der Waals surface area contributed by atoms with Crippen molar-refractivity contribution in [2.75, 3.05) is 0 Å².